The summed E-state index contributed by atoms with van der Waals surface area (Å²) >= 11 is 0. The smallest absolute Gasteiger partial charge is 0.348 e. The van der Waals surface area contributed by atoms with Gasteiger partial charge in [-0.15, -0.1) is 0 Å². The molecule has 3 rings (SSSR count). The number of aryl methyl sites for hydroxylation is 1. The molecule has 30 heavy (non-hydrogen) atoms. The van der Waals surface area contributed by atoms with Gasteiger partial charge in [0.1, 0.15) is 5.75 Å². The molecule has 9 heteroatoms. The molecular formula is C21H24N2O6S. The van der Waals surface area contributed by atoms with Gasteiger partial charge in [0.2, 0.25) is 22.0 Å². The predicted octanol–water partition coefficient (Wildman–Crippen LogP) is 1.97. The number of carbonyl (C=O) groups excluding carboxylic acids is 2. The number of hydrogen-bond donors (Lipinski definition) is 0. The minimum atomic E-state index is -3.85. The second-order valence-corrected chi connectivity index (χ2v) is 8.78. The Hall–Kier alpha value is -2.91. The van der Waals surface area contributed by atoms with Crippen LogP contribution in [0.25, 0.3) is 0 Å². The summed E-state index contributed by atoms with van der Waals surface area (Å²) in [6, 6.07) is 13.3. The summed E-state index contributed by atoms with van der Waals surface area (Å²) in [6.45, 7) is 3.22. The third-order valence-electron chi connectivity index (χ3n) is 4.86. The SMILES string of the molecule is CCN(CC(=O)N1C[C@@H](C(=O)OC)Oc2ccccc21)S(=O)(=O)c1ccc(C)cc1. The number of rotatable bonds is 6. The monoisotopic (exact) mass is 432 g/mol. The second-order valence-electron chi connectivity index (χ2n) is 6.85. The molecule has 0 N–H and O–H groups in total. The van der Waals surface area contributed by atoms with Crippen molar-refractivity contribution in [2.45, 2.75) is 24.8 Å². The number of amides is 1. The standard InChI is InChI=1S/C21H24N2O6S/c1-4-22(30(26,27)16-11-9-15(2)10-12-16)14-20(24)23-13-19(21(25)28-3)29-18-8-6-5-7-17(18)23/h5-12,19H,4,13-14H2,1-3H3/t19-/m0/s1. The maximum Gasteiger partial charge on any atom is 0.348 e. The Bertz CT molecular complexity index is 1040. The molecule has 0 radical (unpaired) electrons. The van der Waals surface area contributed by atoms with Gasteiger partial charge in [-0.3, -0.25) is 4.79 Å². The molecule has 0 saturated heterocycles. The number of nitrogens with zero attached hydrogens (tertiary/aromatic N) is 2. The van der Waals surface area contributed by atoms with Crippen LogP contribution in [0.4, 0.5) is 5.69 Å². The summed E-state index contributed by atoms with van der Waals surface area (Å²) in [7, 11) is -2.61. The molecule has 0 aliphatic carbocycles. The number of carbonyl (C=O) groups is 2. The van der Waals surface area contributed by atoms with E-state index in [1.165, 1.54) is 24.1 Å². The van der Waals surface area contributed by atoms with Crippen molar-refractivity contribution in [1.29, 1.82) is 0 Å². The van der Waals surface area contributed by atoms with E-state index in [1.54, 1.807) is 43.3 Å². The van der Waals surface area contributed by atoms with Crippen LogP contribution in [0.3, 0.4) is 0 Å². The van der Waals surface area contributed by atoms with Crippen LogP contribution in [0.1, 0.15) is 12.5 Å². The lowest BCUT2D eigenvalue weighted by molar-refractivity contribution is -0.148. The maximum absolute atomic E-state index is 13.1. The highest BCUT2D eigenvalue weighted by molar-refractivity contribution is 7.89. The number of anilines is 1. The van der Waals surface area contributed by atoms with Gasteiger partial charge in [0.15, 0.2) is 0 Å². The molecule has 0 spiro atoms. The molecule has 1 heterocycles. The van der Waals surface area contributed by atoms with Crippen LogP contribution in [0.15, 0.2) is 53.4 Å². The molecule has 0 aromatic heterocycles. The Labute approximate surface area is 176 Å². The minimum absolute atomic E-state index is 0.0648. The molecule has 0 unspecified atom stereocenters. The van der Waals surface area contributed by atoms with Crippen LogP contribution in [-0.4, -0.2) is 57.4 Å². The van der Waals surface area contributed by atoms with Crippen molar-refractivity contribution >= 4 is 27.6 Å². The summed E-state index contributed by atoms with van der Waals surface area (Å²) in [5.41, 5.74) is 1.42. The van der Waals surface area contributed by atoms with E-state index in [1.807, 2.05) is 6.92 Å². The van der Waals surface area contributed by atoms with E-state index in [4.69, 9.17) is 9.47 Å². The first-order chi connectivity index (χ1) is 14.3. The fourth-order valence-corrected chi connectivity index (χ4v) is 4.59. The highest BCUT2D eigenvalue weighted by atomic mass is 32.2. The number of likely N-dealkylation sites (N-methyl/N-ethyl adjacent to an activating group) is 1. The Morgan fingerprint density at radius 1 is 1.17 bits per heavy atom. The molecular weight excluding hydrogens is 408 g/mol. The quantitative estimate of drug-likeness (QED) is 0.648. The zero-order valence-electron chi connectivity index (χ0n) is 17.1. The van der Waals surface area contributed by atoms with Crippen molar-refractivity contribution < 1.29 is 27.5 Å². The third kappa shape index (κ3) is 4.31. The average Bonchev–Trinajstić information content (AvgIpc) is 2.76. The summed E-state index contributed by atoms with van der Waals surface area (Å²) in [5, 5.41) is 0. The van der Waals surface area contributed by atoms with Crippen molar-refractivity contribution in [3.63, 3.8) is 0 Å². The number of fused-ring (bicyclic) bond motifs is 1. The number of esters is 1. The van der Waals surface area contributed by atoms with Crippen LogP contribution in [0.2, 0.25) is 0 Å². The summed E-state index contributed by atoms with van der Waals surface area (Å²) in [4.78, 5) is 26.6. The third-order valence-corrected chi connectivity index (χ3v) is 6.80. The van der Waals surface area contributed by atoms with Crippen LogP contribution in [-0.2, 0) is 24.3 Å². The topological polar surface area (TPSA) is 93.2 Å². The molecule has 160 valence electrons. The van der Waals surface area contributed by atoms with Gasteiger partial charge < -0.3 is 14.4 Å². The van der Waals surface area contributed by atoms with Gasteiger partial charge >= 0.3 is 5.97 Å². The van der Waals surface area contributed by atoms with Crippen LogP contribution >= 0.6 is 0 Å². The first-order valence-electron chi connectivity index (χ1n) is 9.48. The first kappa shape index (κ1) is 21.8. The van der Waals surface area contributed by atoms with Gasteiger partial charge in [0, 0.05) is 6.54 Å². The molecule has 1 atom stereocenters. The Kier molecular flexibility index (Phi) is 6.42. The highest BCUT2D eigenvalue weighted by Crippen LogP contribution is 2.33. The fraction of sp³-hybridized carbons (Fsp3) is 0.333. The summed E-state index contributed by atoms with van der Waals surface area (Å²) in [6.07, 6.45) is -0.988. The van der Waals surface area contributed by atoms with Crippen molar-refractivity contribution in [3.05, 3.63) is 54.1 Å². The van der Waals surface area contributed by atoms with Gasteiger partial charge in [-0.1, -0.05) is 36.8 Å². The molecule has 1 amide bonds. The van der Waals surface area contributed by atoms with Gasteiger partial charge in [0.25, 0.3) is 0 Å². The van der Waals surface area contributed by atoms with E-state index in [0.717, 1.165) is 9.87 Å². The van der Waals surface area contributed by atoms with Crippen LogP contribution in [0.5, 0.6) is 5.75 Å². The number of methoxy groups -OCH3 is 1. The van der Waals surface area contributed by atoms with Gasteiger partial charge in [0.05, 0.1) is 30.8 Å². The Morgan fingerprint density at radius 3 is 2.47 bits per heavy atom. The van der Waals surface area contributed by atoms with Crippen molar-refractivity contribution in [3.8, 4) is 5.75 Å². The van der Waals surface area contributed by atoms with Crippen LogP contribution < -0.4 is 9.64 Å². The maximum atomic E-state index is 13.1. The van der Waals surface area contributed by atoms with Crippen LogP contribution in [0, 0.1) is 6.92 Å². The van der Waals surface area contributed by atoms with Crippen molar-refractivity contribution in [2.24, 2.45) is 0 Å². The Balaban J connectivity index is 1.87. The zero-order chi connectivity index (χ0) is 21.9. The van der Waals surface area contributed by atoms with Gasteiger partial charge in [-0.2, -0.15) is 4.31 Å². The van der Waals surface area contributed by atoms with Gasteiger partial charge in [-0.05, 0) is 31.2 Å². The second kappa shape index (κ2) is 8.85. The molecule has 2 aromatic carbocycles. The number of para-hydroxylation sites is 2. The van der Waals surface area contributed by atoms with Crippen molar-refractivity contribution in [1.82, 2.24) is 4.31 Å². The van der Waals surface area contributed by atoms with E-state index in [2.05, 4.69) is 0 Å². The molecule has 8 nitrogen and oxygen atoms in total. The molecule has 0 saturated carbocycles. The van der Waals surface area contributed by atoms with E-state index < -0.39 is 28.0 Å². The lowest BCUT2D eigenvalue weighted by Crippen LogP contribution is -2.50. The lowest BCUT2D eigenvalue weighted by atomic mass is 10.2. The zero-order valence-corrected chi connectivity index (χ0v) is 17.9. The van der Waals surface area contributed by atoms with E-state index >= 15 is 0 Å². The molecule has 1 aliphatic rings. The van der Waals surface area contributed by atoms with Crippen molar-refractivity contribution in [2.75, 3.05) is 31.6 Å². The number of sulfonamides is 1. The predicted molar refractivity (Wildman–Crippen MR) is 111 cm³/mol. The average molecular weight is 432 g/mol. The molecule has 1 aliphatic heterocycles. The normalized spacial score (nSPS) is 16.0. The fourth-order valence-electron chi connectivity index (χ4n) is 3.19. The largest absolute Gasteiger partial charge is 0.475 e. The molecule has 2 aromatic rings. The summed E-state index contributed by atoms with van der Waals surface area (Å²) in [5.74, 6) is -0.712. The molecule has 0 bridgehead atoms. The highest BCUT2D eigenvalue weighted by Gasteiger charge is 2.36. The lowest BCUT2D eigenvalue weighted by Gasteiger charge is -2.34. The van der Waals surface area contributed by atoms with E-state index in [9.17, 15) is 18.0 Å². The Morgan fingerprint density at radius 2 is 1.83 bits per heavy atom. The molecule has 0 fully saturated rings. The van der Waals surface area contributed by atoms with Gasteiger partial charge in [-0.25, -0.2) is 13.2 Å². The number of ether oxygens (including phenoxy) is 2. The summed E-state index contributed by atoms with van der Waals surface area (Å²) < 4.78 is 37.5. The first-order valence-corrected chi connectivity index (χ1v) is 10.9. The number of hydrogen-bond acceptors (Lipinski definition) is 6. The van der Waals surface area contributed by atoms with E-state index in [-0.39, 0.29) is 24.5 Å². The number of benzene rings is 2. The minimum Gasteiger partial charge on any atom is -0.475 e. The van der Waals surface area contributed by atoms with E-state index in [0.29, 0.717) is 11.4 Å².